The van der Waals surface area contributed by atoms with Crippen molar-refractivity contribution < 1.29 is 89.4 Å². The van der Waals surface area contributed by atoms with E-state index < -0.39 is 124 Å². The van der Waals surface area contributed by atoms with Crippen molar-refractivity contribution in [2.45, 2.75) is 362 Å². The highest BCUT2D eigenvalue weighted by atomic mass is 16.8. The number of carbonyl (C=O) groups excluding carboxylic acids is 1. The van der Waals surface area contributed by atoms with Crippen molar-refractivity contribution in [2.24, 2.45) is 0 Å². The third-order valence-corrected chi connectivity index (χ3v) is 17.7. The predicted molar refractivity (Wildman–Crippen MR) is 346 cm³/mol. The average Bonchev–Trinajstić information content (AvgIpc) is 2.38. The van der Waals surface area contributed by atoms with Crippen LogP contribution in [0.3, 0.4) is 0 Å². The summed E-state index contributed by atoms with van der Waals surface area (Å²) in [6.07, 6.45) is 35.3. The minimum Gasteiger partial charge on any atom is -0.394 e. The number of aliphatic hydroxyl groups is 11. The quantitative estimate of drug-likeness (QED) is 0.0199. The molecule has 3 saturated heterocycles. The number of hydrogen-bond donors (Lipinski definition) is 12. The molecule has 0 aromatic heterocycles. The highest BCUT2D eigenvalue weighted by Crippen LogP contribution is 2.33. The van der Waals surface area contributed by atoms with E-state index in [1.807, 2.05) is 12.2 Å². The molecular weight excluding hydrogens is 1140 g/mol. The van der Waals surface area contributed by atoms with E-state index in [4.69, 9.17) is 28.4 Å². The molecule has 19 nitrogen and oxygen atoms in total. The average molecular weight is 1270 g/mol. The summed E-state index contributed by atoms with van der Waals surface area (Å²) in [4.78, 5) is 13.3. The van der Waals surface area contributed by atoms with Gasteiger partial charge in [0.1, 0.15) is 73.2 Å². The summed E-state index contributed by atoms with van der Waals surface area (Å²) < 4.78 is 34.3. The van der Waals surface area contributed by atoms with Crippen LogP contribution in [0.1, 0.15) is 258 Å². The number of carbonyl (C=O) groups is 1. The van der Waals surface area contributed by atoms with E-state index in [-0.39, 0.29) is 18.9 Å². The molecular formula is C70H127NO18. The second-order valence-electron chi connectivity index (χ2n) is 25.3. The van der Waals surface area contributed by atoms with Crippen LogP contribution in [-0.4, -0.2) is 193 Å². The van der Waals surface area contributed by atoms with Gasteiger partial charge in [0, 0.05) is 6.42 Å². The number of aliphatic hydroxyl groups excluding tert-OH is 11. The fourth-order valence-electron chi connectivity index (χ4n) is 12.0. The summed E-state index contributed by atoms with van der Waals surface area (Å²) >= 11 is 0. The summed E-state index contributed by atoms with van der Waals surface area (Å²) in [7, 11) is 0. The first-order chi connectivity index (χ1) is 43.3. The zero-order valence-corrected chi connectivity index (χ0v) is 54.9. The Kier molecular flexibility index (Phi) is 47.4. The van der Waals surface area contributed by atoms with Crippen molar-refractivity contribution in [3.8, 4) is 0 Å². The van der Waals surface area contributed by atoms with Gasteiger partial charge in [-0.05, 0) is 38.5 Å². The van der Waals surface area contributed by atoms with Gasteiger partial charge in [0.05, 0.1) is 38.6 Å². The lowest BCUT2D eigenvalue weighted by atomic mass is 9.96. The van der Waals surface area contributed by atoms with Gasteiger partial charge >= 0.3 is 0 Å². The lowest BCUT2D eigenvalue weighted by molar-refractivity contribution is -0.379. The third kappa shape index (κ3) is 34.1. The van der Waals surface area contributed by atoms with Crippen LogP contribution < -0.4 is 5.32 Å². The fourth-order valence-corrected chi connectivity index (χ4v) is 12.0. The summed E-state index contributed by atoms with van der Waals surface area (Å²) in [6, 6.07) is -0.927. The van der Waals surface area contributed by atoms with Crippen LogP contribution in [0, 0.1) is 0 Å². The SMILES string of the molecule is CC/C=C\C/C=C\C/C=C\C/C=C\CCC(=O)NC(COC1OC(CO)C(OC2OC(CO)C(OC3OC(CO)C(O)C(O)C3O)C(O)C2O)C(O)C1O)C(O)CCCCCCCCCCCCCCCCCCCCCCCCCCCCCCCCC. The van der Waals surface area contributed by atoms with E-state index in [2.05, 4.69) is 55.6 Å². The van der Waals surface area contributed by atoms with Crippen molar-refractivity contribution in [3.05, 3.63) is 48.6 Å². The Morgan fingerprint density at radius 1 is 0.416 bits per heavy atom. The standard InChI is InChI=1S/C70H127NO18/c1-3-5-7-9-11-13-15-17-18-19-20-21-22-23-24-25-26-27-28-29-30-31-32-33-34-36-37-39-41-43-45-47-54(75)53(71-58(76)48-46-44-42-40-38-35-16-14-12-10-8-6-4-2)52-84-68-64(82)61(79)66(56(50-73)86-68)89-70-65(83)62(80)67(57(51-74)87-70)88-69-63(81)60(78)59(77)55(49-72)85-69/h6,8,12,14,35,38,42,44,53-57,59-70,72-75,77-83H,3-5,7,9-11,13,15-34,36-37,39-41,43,45-52H2,1-2H3,(H,71,76)/b8-6-,14-12-,38-35-,44-42-. The van der Waals surface area contributed by atoms with E-state index in [0.717, 1.165) is 44.9 Å². The first kappa shape index (κ1) is 81.0. The highest BCUT2D eigenvalue weighted by Gasteiger charge is 2.53. The maximum Gasteiger partial charge on any atom is 0.220 e. The predicted octanol–water partition coefficient (Wildman–Crippen LogP) is 9.39. The molecule has 0 radical (unpaired) electrons. The van der Waals surface area contributed by atoms with E-state index in [0.29, 0.717) is 19.3 Å². The Hall–Kier alpha value is -2.25. The van der Waals surface area contributed by atoms with E-state index in [1.165, 1.54) is 173 Å². The Bertz CT molecular complexity index is 1800. The minimum absolute atomic E-state index is 0.144. The number of hydrogen-bond acceptors (Lipinski definition) is 18. The number of allylic oxidation sites excluding steroid dienone is 8. The molecule has 0 saturated carbocycles. The summed E-state index contributed by atoms with van der Waals surface area (Å²) in [6.45, 7) is 1.64. The molecule has 3 aliphatic heterocycles. The van der Waals surface area contributed by atoms with Crippen LogP contribution in [0.15, 0.2) is 48.6 Å². The second kappa shape index (κ2) is 52.1. The smallest absolute Gasteiger partial charge is 0.220 e. The number of amides is 1. The Labute approximate surface area is 535 Å². The lowest BCUT2D eigenvalue weighted by Gasteiger charge is -2.48. The van der Waals surface area contributed by atoms with Gasteiger partial charge in [-0.15, -0.1) is 0 Å². The van der Waals surface area contributed by atoms with Gasteiger partial charge in [0.15, 0.2) is 18.9 Å². The maximum absolute atomic E-state index is 13.3. The number of rotatable bonds is 54. The number of unbranched alkanes of at least 4 members (excludes halogenated alkanes) is 30. The zero-order chi connectivity index (χ0) is 64.7. The largest absolute Gasteiger partial charge is 0.394 e. The van der Waals surface area contributed by atoms with Gasteiger partial charge in [0.2, 0.25) is 5.91 Å². The molecule has 0 aromatic carbocycles. The molecule has 17 unspecified atom stereocenters. The molecule has 12 N–H and O–H groups in total. The fraction of sp³-hybridized carbons (Fsp3) is 0.871. The van der Waals surface area contributed by atoms with Gasteiger partial charge in [-0.3, -0.25) is 4.79 Å². The molecule has 0 bridgehead atoms. The molecule has 3 fully saturated rings. The monoisotopic (exact) mass is 1270 g/mol. The van der Waals surface area contributed by atoms with Gasteiger partial charge in [-0.25, -0.2) is 0 Å². The topological polar surface area (TPSA) is 307 Å². The number of nitrogens with one attached hydrogen (secondary N) is 1. The maximum atomic E-state index is 13.3. The zero-order valence-electron chi connectivity index (χ0n) is 54.9. The lowest BCUT2D eigenvalue weighted by Crippen LogP contribution is -2.66. The summed E-state index contributed by atoms with van der Waals surface area (Å²) in [5, 5.41) is 120. The number of ether oxygens (including phenoxy) is 6. The van der Waals surface area contributed by atoms with E-state index >= 15 is 0 Å². The summed E-state index contributed by atoms with van der Waals surface area (Å²) in [5.74, 6) is -0.321. The molecule has 89 heavy (non-hydrogen) atoms. The second-order valence-corrected chi connectivity index (χ2v) is 25.3. The van der Waals surface area contributed by atoms with Crippen LogP contribution in [0.5, 0.6) is 0 Å². The van der Waals surface area contributed by atoms with Crippen LogP contribution in [0.4, 0.5) is 0 Å². The molecule has 520 valence electrons. The molecule has 19 heteroatoms. The molecule has 0 spiro atoms. The van der Waals surface area contributed by atoms with Crippen molar-refractivity contribution in [3.63, 3.8) is 0 Å². The van der Waals surface area contributed by atoms with Crippen molar-refractivity contribution >= 4 is 5.91 Å². The molecule has 3 aliphatic rings. The first-order valence-electron chi connectivity index (χ1n) is 35.4. The normalized spacial score (nSPS) is 28.5. The van der Waals surface area contributed by atoms with Crippen molar-refractivity contribution in [1.29, 1.82) is 0 Å². The van der Waals surface area contributed by atoms with Gasteiger partial charge < -0.3 is 89.9 Å². The molecule has 3 rings (SSSR count). The van der Waals surface area contributed by atoms with Crippen LogP contribution in [0.25, 0.3) is 0 Å². The molecule has 1 amide bonds. The Balaban J connectivity index is 1.37. The van der Waals surface area contributed by atoms with Gasteiger partial charge in [-0.1, -0.05) is 262 Å². The van der Waals surface area contributed by atoms with Crippen LogP contribution in [0.2, 0.25) is 0 Å². The van der Waals surface area contributed by atoms with Crippen LogP contribution >= 0.6 is 0 Å². The van der Waals surface area contributed by atoms with Crippen molar-refractivity contribution in [2.75, 3.05) is 26.4 Å². The van der Waals surface area contributed by atoms with Gasteiger partial charge in [0.25, 0.3) is 0 Å². The molecule has 0 aliphatic carbocycles. The molecule has 17 atom stereocenters. The Morgan fingerprint density at radius 2 is 0.753 bits per heavy atom. The van der Waals surface area contributed by atoms with Crippen molar-refractivity contribution in [1.82, 2.24) is 5.32 Å². The first-order valence-corrected chi connectivity index (χ1v) is 35.4. The molecule has 3 heterocycles. The minimum atomic E-state index is -1.98. The van der Waals surface area contributed by atoms with Gasteiger partial charge in [-0.2, -0.15) is 0 Å². The third-order valence-electron chi connectivity index (χ3n) is 17.7. The Morgan fingerprint density at radius 3 is 1.15 bits per heavy atom. The summed E-state index contributed by atoms with van der Waals surface area (Å²) in [5.41, 5.74) is 0. The molecule has 0 aromatic rings. The highest BCUT2D eigenvalue weighted by molar-refractivity contribution is 5.76. The van der Waals surface area contributed by atoms with Crippen LogP contribution in [-0.2, 0) is 33.2 Å². The van der Waals surface area contributed by atoms with E-state index in [1.54, 1.807) is 0 Å². The van der Waals surface area contributed by atoms with E-state index in [9.17, 15) is 61.0 Å².